The summed E-state index contributed by atoms with van der Waals surface area (Å²) in [6.45, 7) is 6.70. The molecule has 3 aromatic carbocycles. The van der Waals surface area contributed by atoms with Gasteiger partial charge in [0.1, 0.15) is 11.6 Å². The fraction of sp³-hybridized carbons (Fsp3) is 0.312. The molecule has 0 aliphatic carbocycles. The van der Waals surface area contributed by atoms with Crippen LogP contribution in [0, 0.1) is 11.6 Å². The first-order chi connectivity index (χ1) is 20.2. The summed E-state index contributed by atoms with van der Waals surface area (Å²) < 4.78 is 40.1. The molecular weight excluding hydrogens is 558 g/mol. The lowest BCUT2D eigenvalue weighted by molar-refractivity contribution is -0.128. The first-order valence-corrected chi connectivity index (χ1v) is 14.7. The zero-order chi connectivity index (χ0) is 29.9. The molecular formula is C32H34F2N4O3S. The van der Waals surface area contributed by atoms with Crippen molar-refractivity contribution in [2.24, 2.45) is 0 Å². The summed E-state index contributed by atoms with van der Waals surface area (Å²) in [5.74, 6) is 0.897. The van der Waals surface area contributed by atoms with Gasteiger partial charge < -0.3 is 19.3 Å². The maximum atomic E-state index is 13.9. The Hall–Kier alpha value is -4.05. The number of hydrogen-bond donors (Lipinski definition) is 0. The summed E-state index contributed by atoms with van der Waals surface area (Å²) >= 11 is 1.36. The van der Waals surface area contributed by atoms with Crippen molar-refractivity contribution in [1.82, 2.24) is 14.5 Å². The maximum absolute atomic E-state index is 13.9. The monoisotopic (exact) mass is 592 g/mol. The van der Waals surface area contributed by atoms with Gasteiger partial charge in [0.15, 0.2) is 16.7 Å². The van der Waals surface area contributed by atoms with Crippen LogP contribution in [0.4, 0.5) is 14.5 Å². The summed E-state index contributed by atoms with van der Waals surface area (Å²) in [4.78, 5) is 22.0. The van der Waals surface area contributed by atoms with Crippen LogP contribution in [0.15, 0.2) is 78.1 Å². The predicted octanol–water partition coefficient (Wildman–Crippen LogP) is 5.93. The van der Waals surface area contributed by atoms with Crippen molar-refractivity contribution in [3.8, 4) is 17.2 Å². The predicted molar refractivity (Wildman–Crippen MR) is 161 cm³/mol. The fourth-order valence-corrected chi connectivity index (χ4v) is 6.07. The largest absolute Gasteiger partial charge is 0.493 e. The Bertz CT molecular complexity index is 1530. The number of piperazine rings is 1. The van der Waals surface area contributed by atoms with Crippen molar-refractivity contribution < 1.29 is 23.0 Å². The second-order valence-electron chi connectivity index (χ2n) is 10.6. The summed E-state index contributed by atoms with van der Waals surface area (Å²) in [7, 11) is 3.20. The second-order valence-corrected chi connectivity index (χ2v) is 11.5. The summed E-state index contributed by atoms with van der Waals surface area (Å²) in [5, 5.41) is 0.642. The number of ether oxygens (including phenoxy) is 2. The highest BCUT2D eigenvalue weighted by Crippen LogP contribution is 2.39. The van der Waals surface area contributed by atoms with Gasteiger partial charge in [-0.3, -0.25) is 9.36 Å². The van der Waals surface area contributed by atoms with Crippen LogP contribution < -0.4 is 14.4 Å². The van der Waals surface area contributed by atoms with Gasteiger partial charge in [0.25, 0.3) is 0 Å². The van der Waals surface area contributed by atoms with E-state index < -0.39 is 5.41 Å². The number of nitrogens with zero attached hydrogens (tertiary/aromatic N) is 4. The molecule has 5 rings (SSSR count). The van der Waals surface area contributed by atoms with E-state index in [2.05, 4.69) is 18.7 Å². The van der Waals surface area contributed by atoms with Gasteiger partial charge >= 0.3 is 0 Å². The van der Waals surface area contributed by atoms with Crippen LogP contribution in [0.5, 0.6) is 11.5 Å². The number of amides is 1. The van der Waals surface area contributed by atoms with Gasteiger partial charge in [0.05, 0.1) is 31.9 Å². The van der Waals surface area contributed by atoms with Gasteiger partial charge in [-0.1, -0.05) is 31.7 Å². The van der Waals surface area contributed by atoms with E-state index in [1.54, 1.807) is 38.5 Å². The number of aromatic nitrogens is 2. The lowest BCUT2D eigenvalue weighted by atomic mass is 9.81. The third-order valence-electron chi connectivity index (χ3n) is 7.71. The number of rotatable bonds is 9. The normalized spacial score (nSPS) is 13.8. The Labute approximate surface area is 249 Å². The number of halogens is 2. The average molecular weight is 593 g/mol. The summed E-state index contributed by atoms with van der Waals surface area (Å²) in [5.41, 5.74) is 3.03. The van der Waals surface area contributed by atoms with Gasteiger partial charge in [-0.05, 0) is 66.2 Å². The number of methoxy groups -OCH3 is 2. The topological polar surface area (TPSA) is 59.8 Å². The van der Waals surface area contributed by atoms with Crippen molar-refractivity contribution in [1.29, 1.82) is 0 Å². The van der Waals surface area contributed by atoms with Gasteiger partial charge in [-0.15, -0.1) is 0 Å². The van der Waals surface area contributed by atoms with Crippen molar-refractivity contribution in [3.63, 3.8) is 0 Å². The number of hydrogen-bond acceptors (Lipinski definition) is 6. The molecule has 0 saturated carbocycles. The quantitative estimate of drug-likeness (QED) is 0.225. The Balaban J connectivity index is 1.36. The standard InChI is InChI=1S/C32H34F2N4O3S/c1-32(2,22-5-14-27(40-3)28(19-22)41-4)29-20-35-31(38(29)26-12-8-24(34)9-13-26)42-21-30(39)37-17-15-36(16-18-37)25-10-6-23(33)7-11-25/h5-14,19-20H,15-18,21H2,1-4H3. The zero-order valence-corrected chi connectivity index (χ0v) is 25.0. The SMILES string of the molecule is COc1ccc(C(C)(C)c2cnc(SCC(=O)N3CCN(c4ccc(F)cc4)CC3)n2-c2ccc(F)cc2)cc1OC. The molecule has 2 heterocycles. The summed E-state index contributed by atoms with van der Waals surface area (Å²) in [6, 6.07) is 18.5. The number of thioether (sulfide) groups is 1. The van der Waals surface area contributed by atoms with Crippen LogP contribution in [0.25, 0.3) is 5.69 Å². The van der Waals surface area contributed by atoms with Crippen LogP contribution in [-0.2, 0) is 10.2 Å². The van der Waals surface area contributed by atoms with E-state index in [4.69, 9.17) is 14.5 Å². The lowest BCUT2D eigenvalue weighted by Crippen LogP contribution is -2.49. The number of carbonyl (C=O) groups is 1. The second kappa shape index (κ2) is 12.4. The maximum Gasteiger partial charge on any atom is 0.233 e. The number of anilines is 1. The molecule has 0 atom stereocenters. The van der Waals surface area contributed by atoms with E-state index in [1.807, 2.05) is 33.9 Å². The molecule has 7 nitrogen and oxygen atoms in total. The molecule has 0 unspecified atom stereocenters. The van der Waals surface area contributed by atoms with Gasteiger partial charge in [-0.2, -0.15) is 0 Å². The van der Waals surface area contributed by atoms with Crippen molar-refractivity contribution in [2.45, 2.75) is 24.4 Å². The van der Waals surface area contributed by atoms with Gasteiger partial charge in [0, 0.05) is 43.0 Å². The number of carbonyl (C=O) groups excluding carboxylic acids is 1. The van der Waals surface area contributed by atoms with Gasteiger partial charge in [0.2, 0.25) is 5.91 Å². The van der Waals surface area contributed by atoms with Crippen LogP contribution in [-0.4, -0.2) is 66.5 Å². The molecule has 220 valence electrons. The third-order valence-corrected chi connectivity index (χ3v) is 8.65. The Morgan fingerprint density at radius 1 is 0.857 bits per heavy atom. The first kappa shape index (κ1) is 29.4. The molecule has 1 aliphatic heterocycles. The van der Waals surface area contributed by atoms with Crippen LogP contribution in [0.2, 0.25) is 0 Å². The summed E-state index contributed by atoms with van der Waals surface area (Å²) in [6.07, 6.45) is 1.81. The Morgan fingerprint density at radius 2 is 1.45 bits per heavy atom. The molecule has 1 fully saturated rings. The molecule has 1 aliphatic rings. The highest BCUT2D eigenvalue weighted by atomic mass is 32.2. The minimum atomic E-state index is -0.527. The number of benzene rings is 3. The van der Waals surface area contributed by atoms with E-state index >= 15 is 0 Å². The highest BCUT2D eigenvalue weighted by Gasteiger charge is 2.31. The molecule has 0 radical (unpaired) electrons. The molecule has 1 saturated heterocycles. The van der Waals surface area contributed by atoms with Crippen molar-refractivity contribution in [2.75, 3.05) is 51.1 Å². The average Bonchev–Trinajstić information content (AvgIpc) is 3.45. The van der Waals surface area contributed by atoms with E-state index in [9.17, 15) is 13.6 Å². The molecule has 42 heavy (non-hydrogen) atoms. The molecule has 10 heteroatoms. The van der Waals surface area contributed by atoms with E-state index in [0.717, 1.165) is 22.6 Å². The molecule has 0 bridgehead atoms. The van der Waals surface area contributed by atoms with Gasteiger partial charge in [-0.25, -0.2) is 13.8 Å². The van der Waals surface area contributed by atoms with Crippen molar-refractivity contribution >= 4 is 23.4 Å². The minimum absolute atomic E-state index is 0.0214. The van der Waals surface area contributed by atoms with E-state index in [0.29, 0.717) is 42.8 Å². The molecule has 1 aromatic heterocycles. The van der Waals surface area contributed by atoms with Crippen LogP contribution in [0.3, 0.4) is 0 Å². The fourth-order valence-electron chi connectivity index (χ4n) is 5.17. The first-order valence-electron chi connectivity index (χ1n) is 13.7. The minimum Gasteiger partial charge on any atom is -0.493 e. The highest BCUT2D eigenvalue weighted by molar-refractivity contribution is 7.99. The molecule has 0 spiro atoms. The zero-order valence-electron chi connectivity index (χ0n) is 24.1. The Kier molecular flexibility index (Phi) is 8.72. The van der Waals surface area contributed by atoms with Crippen LogP contribution >= 0.6 is 11.8 Å². The molecule has 4 aromatic rings. The third kappa shape index (κ3) is 6.09. The van der Waals surface area contributed by atoms with E-state index in [1.165, 1.54) is 36.0 Å². The number of imidazole rings is 1. The Morgan fingerprint density at radius 3 is 2.05 bits per heavy atom. The molecule has 1 amide bonds. The smallest absolute Gasteiger partial charge is 0.233 e. The molecule has 0 N–H and O–H groups in total. The van der Waals surface area contributed by atoms with Crippen molar-refractivity contribution in [3.05, 3.63) is 95.8 Å². The lowest BCUT2D eigenvalue weighted by Gasteiger charge is -2.36. The van der Waals surface area contributed by atoms with E-state index in [-0.39, 0.29) is 23.3 Å². The van der Waals surface area contributed by atoms with Crippen LogP contribution in [0.1, 0.15) is 25.1 Å².